The molecule has 3 N–H and O–H groups in total. The van der Waals surface area contributed by atoms with Crippen LogP contribution in [0.2, 0.25) is 0 Å². The number of guanidine groups is 1. The lowest BCUT2D eigenvalue weighted by Crippen LogP contribution is -2.38. The Morgan fingerprint density at radius 2 is 1.89 bits per heavy atom. The van der Waals surface area contributed by atoms with Gasteiger partial charge in [0.05, 0.1) is 13.7 Å². The van der Waals surface area contributed by atoms with Gasteiger partial charge in [-0.05, 0) is 42.3 Å². The topological polar surface area (TPSA) is 79.9 Å². The Morgan fingerprint density at radius 3 is 2.48 bits per heavy atom. The van der Waals surface area contributed by atoms with Crippen molar-refractivity contribution in [3.05, 3.63) is 65.2 Å². The maximum atomic E-state index is 11.3. The number of halogens is 1. The number of hydrogen-bond acceptors (Lipinski definition) is 3. The molecule has 0 heterocycles. The number of carbonyl (C=O) groups is 1. The number of amides is 1. The molecule has 0 radical (unpaired) electrons. The lowest BCUT2D eigenvalue weighted by molar-refractivity contribution is 0.1000. The number of methoxy groups -OCH3 is 1. The van der Waals surface area contributed by atoms with Crippen LogP contribution in [0.25, 0.3) is 0 Å². The highest BCUT2D eigenvalue weighted by molar-refractivity contribution is 14.0. The summed E-state index contributed by atoms with van der Waals surface area (Å²) < 4.78 is 5.19. The lowest BCUT2D eigenvalue weighted by atomic mass is 10.1. The predicted molar refractivity (Wildman–Crippen MR) is 120 cm³/mol. The summed E-state index contributed by atoms with van der Waals surface area (Å²) in [5, 5.41) is 3.29. The van der Waals surface area contributed by atoms with Gasteiger partial charge < -0.3 is 20.7 Å². The minimum Gasteiger partial charge on any atom is -0.497 e. The first-order chi connectivity index (χ1) is 12.5. The van der Waals surface area contributed by atoms with Crippen molar-refractivity contribution in [2.75, 3.05) is 20.7 Å². The third-order valence-electron chi connectivity index (χ3n) is 3.90. The molecule has 0 aliphatic carbocycles. The summed E-state index contributed by atoms with van der Waals surface area (Å²) in [7, 11) is 3.65. The molecular formula is C20H27IN4O2. The van der Waals surface area contributed by atoms with Gasteiger partial charge in [0, 0.05) is 25.7 Å². The number of nitrogens with one attached hydrogen (secondary N) is 1. The standard InChI is InChI=1S/C20H26N4O2.HI/c1-4-22-20(23-13-16-6-5-7-17(12-16)19(21)25)24(2)14-15-8-10-18(26-3)11-9-15;/h5-12H,4,13-14H2,1-3H3,(H2,21,25)(H,22,23);1H. The van der Waals surface area contributed by atoms with E-state index in [1.165, 1.54) is 0 Å². The second-order valence-corrected chi connectivity index (χ2v) is 5.94. The molecule has 2 aromatic carbocycles. The average Bonchev–Trinajstić information content (AvgIpc) is 2.65. The van der Waals surface area contributed by atoms with Crippen molar-refractivity contribution in [3.8, 4) is 5.75 Å². The van der Waals surface area contributed by atoms with Crippen LogP contribution in [-0.4, -0.2) is 37.5 Å². The van der Waals surface area contributed by atoms with E-state index < -0.39 is 5.91 Å². The van der Waals surface area contributed by atoms with Gasteiger partial charge in [-0.15, -0.1) is 24.0 Å². The van der Waals surface area contributed by atoms with E-state index in [1.54, 1.807) is 19.2 Å². The summed E-state index contributed by atoms with van der Waals surface area (Å²) in [4.78, 5) is 18.0. The highest BCUT2D eigenvalue weighted by Gasteiger charge is 2.07. The van der Waals surface area contributed by atoms with Gasteiger partial charge in [-0.1, -0.05) is 24.3 Å². The van der Waals surface area contributed by atoms with Gasteiger partial charge in [-0.2, -0.15) is 0 Å². The van der Waals surface area contributed by atoms with Crippen molar-refractivity contribution in [2.24, 2.45) is 10.7 Å². The Kier molecular flexibility index (Phi) is 9.63. The second kappa shape index (κ2) is 11.4. The first-order valence-corrected chi connectivity index (χ1v) is 8.54. The smallest absolute Gasteiger partial charge is 0.248 e. The predicted octanol–water partition coefficient (Wildman–Crippen LogP) is 3.01. The monoisotopic (exact) mass is 482 g/mol. The summed E-state index contributed by atoms with van der Waals surface area (Å²) in [5.74, 6) is 1.21. The van der Waals surface area contributed by atoms with Gasteiger partial charge >= 0.3 is 0 Å². The summed E-state index contributed by atoms with van der Waals surface area (Å²) in [6.45, 7) is 3.99. The molecule has 0 saturated carbocycles. The highest BCUT2D eigenvalue weighted by atomic mass is 127. The minimum absolute atomic E-state index is 0. The maximum absolute atomic E-state index is 11.3. The van der Waals surface area contributed by atoms with Crippen molar-refractivity contribution >= 4 is 35.8 Å². The van der Waals surface area contributed by atoms with E-state index in [-0.39, 0.29) is 24.0 Å². The molecule has 2 rings (SSSR count). The Labute approximate surface area is 177 Å². The van der Waals surface area contributed by atoms with E-state index in [0.29, 0.717) is 12.1 Å². The van der Waals surface area contributed by atoms with E-state index in [1.807, 2.05) is 50.4 Å². The van der Waals surface area contributed by atoms with Crippen LogP contribution in [0.15, 0.2) is 53.5 Å². The first-order valence-electron chi connectivity index (χ1n) is 8.54. The van der Waals surface area contributed by atoms with E-state index >= 15 is 0 Å². The largest absolute Gasteiger partial charge is 0.497 e. The molecule has 0 unspecified atom stereocenters. The van der Waals surface area contributed by atoms with Gasteiger partial charge in [0.1, 0.15) is 5.75 Å². The van der Waals surface area contributed by atoms with Crippen molar-refractivity contribution in [2.45, 2.75) is 20.0 Å². The van der Waals surface area contributed by atoms with Crippen LogP contribution in [0.4, 0.5) is 0 Å². The number of ether oxygens (including phenoxy) is 1. The van der Waals surface area contributed by atoms with E-state index in [4.69, 9.17) is 10.5 Å². The van der Waals surface area contributed by atoms with Crippen LogP contribution in [-0.2, 0) is 13.1 Å². The molecule has 0 aliphatic heterocycles. The van der Waals surface area contributed by atoms with Gasteiger partial charge in [-0.3, -0.25) is 4.79 Å². The van der Waals surface area contributed by atoms with Crippen LogP contribution >= 0.6 is 24.0 Å². The Balaban J connectivity index is 0.00000364. The van der Waals surface area contributed by atoms with Crippen molar-refractivity contribution < 1.29 is 9.53 Å². The molecule has 27 heavy (non-hydrogen) atoms. The molecule has 2 aromatic rings. The second-order valence-electron chi connectivity index (χ2n) is 5.94. The quantitative estimate of drug-likeness (QED) is 0.361. The lowest BCUT2D eigenvalue weighted by Gasteiger charge is -2.22. The Bertz CT molecular complexity index is 763. The van der Waals surface area contributed by atoms with Gasteiger partial charge in [0.15, 0.2) is 5.96 Å². The molecule has 0 aliphatic rings. The van der Waals surface area contributed by atoms with Crippen LogP contribution in [0.5, 0.6) is 5.75 Å². The summed E-state index contributed by atoms with van der Waals surface area (Å²) in [6, 6.07) is 15.2. The third kappa shape index (κ3) is 7.09. The molecule has 146 valence electrons. The van der Waals surface area contributed by atoms with Crippen molar-refractivity contribution in [1.29, 1.82) is 0 Å². The normalized spacial score (nSPS) is 10.7. The summed E-state index contributed by atoms with van der Waals surface area (Å²) in [5.41, 5.74) is 7.93. The third-order valence-corrected chi connectivity index (χ3v) is 3.90. The van der Waals surface area contributed by atoms with Crippen molar-refractivity contribution in [3.63, 3.8) is 0 Å². The zero-order valence-corrected chi connectivity index (χ0v) is 18.3. The number of carbonyl (C=O) groups excluding carboxylic acids is 1. The number of hydrogen-bond donors (Lipinski definition) is 2. The number of nitrogens with zero attached hydrogens (tertiary/aromatic N) is 2. The molecule has 0 atom stereocenters. The van der Waals surface area contributed by atoms with Crippen LogP contribution in [0.3, 0.4) is 0 Å². The molecule has 0 aromatic heterocycles. The van der Waals surface area contributed by atoms with E-state index in [0.717, 1.165) is 35.9 Å². The molecule has 0 spiro atoms. The zero-order valence-electron chi connectivity index (χ0n) is 15.9. The molecule has 0 saturated heterocycles. The van der Waals surface area contributed by atoms with Gasteiger partial charge in [-0.25, -0.2) is 4.99 Å². The fraction of sp³-hybridized carbons (Fsp3) is 0.300. The fourth-order valence-electron chi connectivity index (χ4n) is 2.54. The van der Waals surface area contributed by atoms with Crippen LogP contribution in [0.1, 0.15) is 28.4 Å². The molecule has 7 heteroatoms. The number of benzene rings is 2. The Hall–Kier alpha value is -2.29. The van der Waals surface area contributed by atoms with E-state index in [2.05, 4.69) is 15.2 Å². The average molecular weight is 482 g/mol. The number of rotatable bonds is 7. The molecular weight excluding hydrogens is 455 g/mol. The molecule has 1 amide bonds. The SMILES string of the molecule is CCNC(=NCc1cccc(C(N)=O)c1)N(C)Cc1ccc(OC)cc1.I. The van der Waals surface area contributed by atoms with Crippen LogP contribution in [0, 0.1) is 0 Å². The minimum atomic E-state index is -0.431. The highest BCUT2D eigenvalue weighted by Crippen LogP contribution is 2.13. The van der Waals surface area contributed by atoms with Gasteiger partial charge in [0.25, 0.3) is 0 Å². The zero-order chi connectivity index (χ0) is 18.9. The van der Waals surface area contributed by atoms with Gasteiger partial charge in [0.2, 0.25) is 5.91 Å². The number of primary amides is 1. The van der Waals surface area contributed by atoms with Crippen molar-refractivity contribution in [1.82, 2.24) is 10.2 Å². The molecule has 0 fully saturated rings. The fourth-order valence-corrected chi connectivity index (χ4v) is 2.54. The number of aliphatic imine (C=N–C) groups is 1. The van der Waals surface area contributed by atoms with Crippen LogP contribution < -0.4 is 15.8 Å². The summed E-state index contributed by atoms with van der Waals surface area (Å²) in [6.07, 6.45) is 0. The maximum Gasteiger partial charge on any atom is 0.248 e. The summed E-state index contributed by atoms with van der Waals surface area (Å²) >= 11 is 0. The van der Waals surface area contributed by atoms with E-state index in [9.17, 15) is 4.79 Å². The first kappa shape index (κ1) is 22.8. The number of nitrogens with two attached hydrogens (primary N) is 1. The molecule has 6 nitrogen and oxygen atoms in total. The Morgan fingerprint density at radius 1 is 1.19 bits per heavy atom. The molecule has 0 bridgehead atoms.